The molecule has 0 saturated carbocycles. The zero-order valence-electron chi connectivity index (χ0n) is 9.93. The SMILES string of the molecule is Cc1nc(NC(CCCl)C(C)C)ccc1Br. The zero-order chi connectivity index (χ0) is 12.1. The number of aromatic nitrogens is 1. The van der Waals surface area contributed by atoms with Gasteiger partial charge in [-0.2, -0.15) is 0 Å². The molecule has 1 rings (SSSR count). The van der Waals surface area contributed by atoms with E-state index in [1.807, 2.05) is 19.1 Å². The molecule has 1 N–H and O–H groups in total. The van der Waals surface area contributed by atoms with Crippen LogP contribution in [0, 0.1) is 12.8 Å². The predicted molar refractivity (Wildman–Crippen MR) is 74.3 cm³/mol. The van der Waals surface area contributed by atoms with Crippen LogP contribution in [0.3, 0.4) is 0 Å². The van der Waals surface area contributed by atoms with Crippen molar-refractivity contribution in [1.29, 1.82) is 0 Å². The summed E-state index contributed by atoms with van der Waals surface area (Å²) in [6, 6.07) is 4.38. The van der Waals surface area contributed by atoms with E-state index in [0.29, 0.717) is 17.8 Å². The lowest BCUT2D eigenvalue weighted by Crippen LogP contribution is -2.26. The van der Waals surface area contributed by atoms with E-state index in [-0.39, 0.29) is 0 Å². The van der Waals surface area contributed by atoms with Crippen LogP contribution in [0.2, 0.25) is 0 Å². The molecule has 0 fully saturated rings. The Morgan fingerprint density at radius 3 is 2.62 bits per heavy atom. The number of aryl methyl sites for hydroxylation is 1. The number of nitrogens with zero attached hydrogens (tertiary/aromatic N) is 1. The number of hydrogen-bond acceptors (Lipinski definition) is 2. The Kier molecular flexibility index (Phi) is 5.56. The fourth-order valence-corrected chi connectivity index (χ4v) is 1.96. The van der Waals surface area contributed by atoms with Crippen molar-refractivity contribution in [3.05, 3.63) is 22.3 Å². The molecule has 1 atom stereocenters. The second-order valence-electron chi connectivity index (χ2n) is 4.24. The Morgan fingerprint density at radius 2 is 2.12 bits per heavy atom. The Morgan fingerprint density at radius 1 is 1.44 bits per heavy atom. The quantitative estimate of drug-likeness (QED) is 0.824. The van der Waals surface area contributed by atoms with Crippen molar-refractivity contribution < 1.29 is 0 Å². The largest absolute Gasteiger partial charge is 0.367 e. The van der Waals surface area contributed by atoms with Gasteiger partial charge < -0.3 is 5.32 Å². The van der Waals surface area contributed by atoms with E-state index in [0.717, 1.165) is 22.4 Å². The van der Waals surface area contributed by atoms with Crippen LogP contribution in [0.25, 0.3) is 0 Å². The van der Waals surface area contributed by atoms with E-state index in [1.54, 1.807) is 0 Å². The van der Waals surface area contributed by atoms with Gasteiger partial charge in [0.25, 0.3) is 0 Å². The van der Waals surface area contributed by atoms with Gasteiger partial charge in [0.1, 0.15) is 5.82 Å². The molecule has 1 aromatic rings. The maximum atomic E-state index is 5.80. The molecule has 16 heavy (non-hydrogen) atoms. The summed E-state index contributed by atoms with van der Waals surface area (Å²) >= 11 is 9.24. The first-order chi connectivity index (χ1) is 7.54. The van der Waals surface area contributed by atoms with Gasteiger partial charge in [-0.1, -0.05) is 13.8 Å². The normalized spacial score (nSPS) is 12.9. The molecule has 0 spiro atoms. The number of rotatable bonds is 5. The highest BCUT2D eigenvalue weighted by atomic mass is 79.9. The number of halogens is 2. The summed E-state index contributed by atoms with van der Waals surface area (Å²) in [6.07, 6.45) is 0.954. The molecule has 0 saturated heterocycles. The van der Waals surface area contributed by atoms with Gasteiger partial charge in [0, 0.05) is 16.4 Å². The number of hydrogen-bond donors (Lipinski definition) is 1. The van der Waals surface area contributed by atoms with E-state index >= 15 is 0 Å². The second-order valence-corrected chi connectivity index (χ2v) is 5.47. The summed E-state index contributed by atoms with van der Waals surface area (Å²) in [7, 11) is 0. The monoisotopic (exact) mass is 304 g/mol. The maximum absolute atomic E-state index is 5.80. The van der Waals surface area contributed by atoms with Crippen molar-refractivity contribution in [2.75, 3.05) is 11.2 Å². The van der Waals surface area contributed by atoms with Gasteiger partial charge in [-0.05, 0) is 47.3 Å². The molecule has 0 radical (unpaired) electrons. The third-order valence-corrected chi connectivity index (χ3v) is 3.64. The molecule has 0 aliphatic rings. The topological polar surface area (TPSA) is 24.9 Å². The van der Waals surface area contributed by atoms with E-state index < -0.39 is 0 Å². The first-order valence-corrected chi connectivity index (χ1v) is 6.83. The third kappa shape index (κ3) is 3.95. The van der Waals surface area contributed by atoms with Crippen LogP contribution in [0.15, 0.2) is 16.6 Å². The standard InChI is InChI=1S/C12H18BrClN2/c1-8(2)11(6-7-14)16-12-5-4-10(13)9(3)15-12/h4-5,8,11H,6-7H2,1-3H3,(H,15,16). The summed E-state index contributed by atoms with van der Waals surface area (Å²) in [4.78, 5) is 4.48. The molecule has 0 bridgehead atoms. The smallest absolute Gasteiger partial charge is 0.126 e. The van der Waals surface area contributed by atoms with Crippen LogP contribution in [0.1, 0.15) is 26.0 Å². The van der Waals surface area contributed by atoms with Crippen LogP contribution < -0.4 is 5.32 Å². The van der Waals surface area contributed by atoms with Gasteiger partial charge in [-0.25, -0.2) is 4.98 Å². The molecule has 0 aliphatic heterocycles. The lowest BCUT2D eigenvalue weighted by Gasteiger charge is -2.22. The second kappa shape index (κ2) is 6.45. The number of nitrogens with one attached hydrogen (secondary N) is 1. The Bertz CT molecular complexity index is 342. The average molecular weight is 306 g/mol. The average Bonchev–Trinajstić information content (AvgIpc) is 2.22. The first-order valence-electron chi connectivity index (χ1n) is 5.50. The van der Waals surface area contributed by atoms with Gasteiger partial charge in [0.15, 0.2) is 0 Å². The summed E-state index contributed by atoms with van der Waals surface area (Å²) in [5.41, 5.74) is 0.998. The molecular formula is C12H18BrClN2. The van der Waals surface area contributed by atoms with E-state index in [4.69, 9.17) is 11.6 Å². The minimum Gasteiger partial charge on any atom is -0.367 e. The van der Waals surface area contributed by atoms with Crippen LogP contribution in [-0.4, -0.2) is 16.9 Å². The highest BCUT2D eigenvalue weighted by Gasteiger charge is 2.13. The Labute approximate surface area is 111 Å². The molecule has 0 aromatic carbocycles. The number of anilines is 1. The summed E-state index contributed by atoms with van der Waals surface area (Å²) in [5, 5.41) is 3.43. The number of pyridine rings is 1. The van der Waals surface area contributed by atoms with Crippen molar-refractivity contribution in [3.8, 4) is 0 Å². The summed E-state index contributed by atoms with van der Waals surface area (Å²) in [5.74, 6) is 2.14. The van der Waals surface area contributed by atoms with E-state index in [9.17, 15) is 0 Å². The Hall–Kier alpha value is -0.280. The van der Waals surface area contributed by atoms with Gasteiger partial charge in [0.05, 0.1) is 5.69 Å². The molecule has 1 heterocycles. The summed E-state index contributed by atoms with van der Waals surface area (Å²) < 4.78 is 1.04. The molecule has 2 nitrogen and oxygen atoms in total. The maximum Gasteiger partial charge on any atom is 0.126 e. The van der Waals surface area contributed by atoms with Crippen molar-refractivity contribution in [2.24, 2.45) is 5.92 Å². The number of alkyl halides is 1. The van der Waals surface area contributed by atoms with E-state index in [1.165, 1.54) is 0 Å². The predicted octanol–water partition coefficient (Wildman–Crippen LogP) is 4.22. The first kappa shape index (κ1) is 13.8. The Balaban J connectivity index is 2.73. The van der Waals surface area contributed by atoms with Gasteiger partial charge >= 0.3 is 0 Å². The molecule has 0 aliphatic carbocycles. The minimum absolute atomic E-state index is 0.380. The molecule has 1 aromatic heterocycles. The fourth-order valence-electron chi connectivity index (χ4n) is 1.50. The van der Waals surface area contributed by atoms with Crippen molar-refractivity contribution in [2.45, 2.75) is 33.2 Å². The molecule has 0 amide bonds. The summed E-state index contributed by atoms with van der Waals surface area (Å²) in [6.45, 7) is 6.37. The minimum atomic E-state index is 0.380. The molecule has 90 valence electrons. The van der Waals surface area contributed by atoms with E-state index in [2.05, 4.69) is 40.1 Å². The third-order valence-electron chi connectivity index (χ3n) is 2.58. The van der Waals surface area contributed by atoms with Gasteiger partial charge in [-0.3, -0.25) is 0 Å². The zero-order valence-corrected chi connectivity index (χ0v) is 12.3. The van der Waals surface area contributed by atoms with Crippen LogP contribution in [0.5, 0.6) is 0 Å². The van der Waals surface area contributed by atoms with Crippen molar-refractivity contribution in [1.82, 2.24) is 4.98 Å². The van der Waals surface area contributed by atoms with Crippen molar-refractivity contribution in [3.63, 3.8) is 0 Å². The van der Waals surface area contributed by atoms with Gasteiger partial charge in [-0.15, -0.1) is 11.6 Å². The van der Waals surface area contributed by atoms with Crippen LogP contribution in [-0.2, 0) is 0 Å². The lowest BCUT2D eigenvalue weighted by atomic mass is 10.0. The van der Waals surface area contributed by atoms with Crippen LogP contribution in [0.4, 0.5) is 5.82 Å². The highest BCUT2D eigenvalue weighted by Crippen LogP contribution is 2.19. The molecule has 4 heteroatoms. The fraction of sp³-hybridized carbons (Fsp3) is 0.583. The van der Waals surface area contributed by atoms with Crippen molar-refractivity contribution >= 4 is 33.3 Å². The lowest BCUT2D eigenvalue weighted by molar-refractivity contribution is 0.511. The molecular weight excluding hydrogens is 288 g/mol. The highest BCUT2D eigenvalue weighted by molar-refractivity contribution is 9.10. The molecule has 1 unspecified atom stereocenters. The van der Waals surface area contributed by atoms with Crippen LogP contribution >= 0.6 is 27.5 Å². The van der Waals surface area contributed by atoms with Gasteiger partial charge in [0.2, 0.25) is 0 Å².